The van der Waals surface area contributed by atoms with E-state index in [4.69, 9.17) is 5.73 Å². The molecule has 1 atom stereocenters. The predicted molar refractivity (Wildman–Crippen MR) is 50.9 cm³/mol. The monoisotopic (exact) mass is 215 g/mol. The Hall–Kier alpha value is -1.03. The molecule has 0 amide bonds. The lowest BCUT2D eigenvalue weighted by Crippen LogP contribution is -2.15. The van der Waals surface area contributed by atoms with Gasteiger partial charge in [-0.2, -0.15) is 0 Å². The average molecular weight is 215 g/mol. The predicted octanol–water partition coefficient (Wildman–Crippen LogP) is 2.79. The lowest BCUT2D eigenvalue weighted by Gasteiger charge is -2.19. The molecule has 2 rings (SSSR count). The minimum Gasteiger partial charge on any atom is -0.324 e. The maximum absolute atomic E-state index is 13.5. The molecule has 0 aliphatic heterocycles. The summed E-state index contributed by atoms with van der Waals surface area (Å²) < 4.78 is 40.0. The van der Waals surface area contributed by atoms with Crippen LogP contribution < -0.4 is 5.73 Å². The van der Waals surface area contributed by atoms with E-state index in [1.165, 1.54) is 0 Å². The molecule has 2 N–H and O–H groups in total. The largest absolute Gasteiger partial charge is 0.324 e. The van der Waals surface area contributed by atoms with Crippen molar-refractivity contribution < 1.29 is 13.2 Å². The Kier molecular flexibility index (Phi) is 2.08. The lowest BCUT2D eigenvalue weighted by molar-refractivity contribution is 0.460. The van der Waals surface area contributed by atoms with E-state index in [0.717, 1.165) is 0 Å². The first kappa shape index (κ1) is 10.5. The first-order valence-corrected chi connectivity index (χ1v) is 4.78. The molecular formula is C11H12F3N. The van der Waals surface area contributed by atoms with E-state index in [1.54, 1.807) is 13.8 Å². The van der Waals surface area contributed by atoms with Crippen molar-refractivity contribution in [2.45, 2.75) is 31.7 Å². The van der Waals surface area contributed by atoms with Gasteiger partial charge in [-0.05, 0) is 11.8 Å². The maximum Gasteiger partial charge on any atom is 0.164 e. The summed E-state index contributed by atoms with van der Waals surface area (Å²) >= 11 is 0. The van der Waals surface area contributed by atoms with Crippen molar-refractivity contribution >= 4 is 0 Å². The van der Waals surface area contributed by atoms with Crippen LogP contribution in [0.3, 0.4) is 0 Å². The van der Waals surface area contributed by atoms with E-state index in [9.17, 15) is 13.2 Å². The molecule has 0 aromatic heterocycles. The van der Waals surface area contributed by atoms with Crippen LogP contribution in [0.25, 0.3) is 0 Å². The third kappa shape index (κ3) is 1.35. The Morgan fingerprint density at radius 3 is 2.47 bits per heavy atom. The summed E-state index contributed by atoms with van der Waals surface area (Å²) in [6.45, 7) is 3.55. The quantitative estimate of drug-likeness (QED) is 0.661. The Labute approximate surface area is 86.1 Å². The van der Waals surface area contributed by atoms with Crippen LogP contribution in [-0.4, -0.2) is 0 Å². The van der Waals surface area contributed by atoms with Crippen LogP contribution in [0.1, 0.15) is 37.4 Å². The number of hydrogen-bond donors (Lipinski definition) is 1. The van der Waals surface area contributed by atoms with Crippen LogP contribution in [0.4, 0.5) is 13.2 Å². The molecule has 1 nitrogen and oxygen atoms in total. The molecule has 0 spiro atoms. The molecule has 1 aliphatic rings. The standard InChI is InChI=1S/C11H12F3N/c1-11(2)4-7(15)8-9(11)5(12)3-6(13)10(8)14/h3,7H,4,15H2,1-2H3. The van der Waals surface area contributed by atoms with E-state index in [-0.39, 0.29) is 11.1 Å². The highest BCUT2D eigenvalue weighted by molar-refractivity contribution is 5.43. The second-order valence-corrected chi connectivity index (χ2v) is 4.64. The van der Waals surface area contributed by atoms with Crippen LogP contribution in [-0.2, 0) is 5.41 Å². The summed E-state index contributed by atoms with van der Waals surface area (Å²) in [5, 5.41) is 0. The zero-order valence-corrected chi connectivity index (χ0v) is 8.57. The SMILES string of the molecule is CC1(C)CC(N)c2c(F)c(F)cc(F)c21. The molecule has 1 aliphatic carbocycles. The number of nitrogens with two attached hydrogens (primary N) is 1. The molecule has 82 valence electrons. The number of rotatable bonds is 0. The summed E-state index contributed by atoms with van der Waals surface area (Å²) in [5.74, 6) is -2.88. The first-order chi connectivity index (χ1) is 6.84. The highest BCUT2D eigenvalue weighted by Crippen LogP contribution is 2.46. The van der Waals surface area contributed by atoms with E-state index >= 15 is 0 Å². The van der Waals surface area contributed by atoms with Crippen LogP contribution in [0.2, 0.25) is 0 Å². The smallest absolute Gasteiger partial charge is 0.164 e. The van der Waals surface area contributed by atoms with E-state index in [0.29, 0.717) is 12.5 Å². The number of fused-ring (bicyclic) bond motifs is 1. The molecule has 1 unspecified atom stereocenters. The van der Waals surface area contributed by atoms with Gasteiger partial charge in [-0.3, -0.25) is 0 Å². The van der Waals surface area contributed by atoms with Gasteiger partial charge in [0, 0.05) is 23.2 Å². The van der Waals surface area contributed by atoms with Crippen LogP contribution >= 0.6 is 0 Å². The highest BCUT2D eigenvalue weighted by atomic mass is 19.2. The van der Waals surface area contributed by atoms with Crippen molar-refractivity contribution in [3.8, 4) is 0 Å². The zero-order valence-electron chi connectivity index (χ0n) is 8.57. The second-order valence-electron chi connectivity index (χ2n) is 4.64. The highest BCUT2D eigenvalue weighted by Gasteiger charge is 2.40. The summed E-state index contributed by atoms with van der Waals surface area (Å²) in [7, 11) is 0. The van der Waals surface area contributed by atoms with Gasteiger partial charge in [0.15, 0.2) is 11.6 Å². The van der Waals surface area contributed by atoms with Gasteiger partial charge in [-0.1, -0.05) is 13.8 Å². The van der Waals surface area contributed by atoms with Crippen molar-refractivity contribution in [2.75, 3.05) is 0 Å². The summed E-state index contributed by atoms with van der Waals surface area (Å²) in [6, 6.07) is -0.0336. The van der Waals surface area contributed by atoms with Gasteiger partial charge in [0.2, 0.25) is 0 Å². The molecular weight excluding hydrogens is 203 g/mol. The van der Waals surface area contributed by atoms with Crippen LogP contribution in [0.15, 0.2) is 6.07 Å². The topological polar surface area (TPSA) is 26.0 Å². The van der Waals surface area contributed by atoms with Crippen LogP contribution in [0, 0.1) is 17.5 Å². The molecule has 0 saturated heterocycles. The molecule has 0 heterocycles. The second kappa shape index (κ2) is 2.98. The van der Waals surface area contributed by atoms with Crippen molar-refractivity contribution in [1.29, 1.82) is 0 Å². The van der Waals surface area contributed by atoms with Crippen LogP contribution in [0.5, 0.6) is 0 Å². The lowest BCUT2D eigenvalue weighted by atomic mass is 9.86. The Morgan fingerprint density at radius 2 is 1.87 bits per heavy atom. The maximum atomic E-state index is 13.5. The fraction of sp³-hybridized carbons (Fsp3) is 0.455. The third-order valence-electron chi connectivity index (χ3n) is 2.99. The molecule has 4 heteroatoms. The Bertz CT molecular complexity index is 426. The number of benzene rings is 1. The normalized spacial score (nSPS) is 22.9. The van der Waals surface area contributed by atoms with Crippen molar-refractivity contribution in [1.82, 2.24) is 0 Å². The molecule has 15 heavy (non-hydrogen) atoms. The van der Waals surface area contributed by atoms with Crippen molar-refractivity contribution in [3.63, 3.8) is 0 Å². The third-order valence-corrected chi connectivity index (χ3v) is 2.99. The van der Waals surface area contributed by atoms with Gasteiger partial charge in [-0.15, -0.1) is 0 Å². The summed E-state index contributed by atoms with van der Waals surface area (Å²) in [4.78, 5) is 0. The molecule has 1 aromatic rings. The number of halogens is 3. The molecule has 0 saturated carbocycles. The van der Waals surface area contributed by atoms with E-state index < -0.39 is 28.9 Å². The number of hydrogen-bond acceptors (Lipinski definition) is 1. The molecule has 0 bridgehead atoms. The van der Waals surface area contributed by atoms with E-state index in [2.05, 4.69) is 0 Å². The van der Waals surface area contributed by atoms with E-state index in [1.807, 2.05) is 0 Å². The molecule has 0 fully saturated rings. The fourth-order valence-electron chi connectivity index (χ4n) is 2.40. The Balaban J connectivity index is 2.78. The van der Waals surface area contributed by atoms with Crippen molar-refractivity contribution in [3.05, 3.63) is 34.6 Å². The van der Waals surface area contributed by atoms with Gasteiger partial charge >= 0.3 is 0 Å². The first-order valence-electron chi connectivity index (χ1n) is 4.78. The summed E-state index contributed by atoms with van der Waals surface area (Å²) in [6.07, 6.45) is 0.430. The molecule has 0 radical (unpaired) electrons. The van der Waals surface area contributed by atoms with Gasteiger partial charge < -0.3 is 5.73 Å². The summed E-state index contributed by atoms with van der Waals surface area (Å²) in [5.41, 5.74) is 5.37. The minimum absolute atomic E-state index is 0.00231. The Morgan fingerprint density at radius 1 is 1.27 bits per heavy atom. The minimum atomic E-state index is -1.17. The average Bonchev–Trinajstić information content (AvgIpc) is 2.32. The van der Waals surface area contributed by atoms with Crippen molar-refractivity contribution in [2.24, 2.45) is 5.73 Å². The van der Waals surface area contributed by atoms with Gasteiger partial charge in [-0.25, -0.2) is 13.2 Å². The zero-order chi connectivity index (χ0) is 11.4. The van der Waals surface area contributed by atoms with Gasteiger partial charge in [0.05, 0.1) is 0 Å². The molecule has 1 aromatic carbocycles. The van der Waals surface area contributed by atoms with Gasteiger partial charge in [0.1, 0.15) is 5.82 Å². The van der Waals surface area contributed by atoms with Gasteiger partial charge in [0.25, 0.3) is 0 Å². The fourth-order valence-corrected chi connectivity index (χ4v) is 2.40.